The van der Waals surface area contributed by atoms with Gasteiger partial charge < -0.3 is 10.5 Å². The molecule has 1 rings (SSSR count). The summed E-state index contributed by atoms with van der Waals surface area (Å²) in [5.74, 6) is 0.0493. The van der Waals surface area contributed by atoms with E-state index in [1.165, 1.54) is 4.90 Å². The highest BCUT2D eigenvalue weighted by Gasteiger charge is 2.18. The fourth-order valence-corrected chi connectivity index (χ4v) is 1.43. The van der Waals surface area contributed by atoms with E-state index >= 15 is 0 Å². The quantitative estimate of drug-likeness (QED) is 0.621. The normalized spacial score (nSPS) is 10.2. The molecule has 0 spiro atoms. The Bertz CT molecular complexity index is 404. The lowest BCUT2D eigenvalue weighted by Gasteiger charge is -2.23. The van der Waals surface area contributed by atoms with Gasteiger partial charge in [-0.15, -0.1) is 0 Å². The number of amidine groups is 1. The number of anilines is 1. The third kappa shape index (κ3) is 4.45. The van der Waals surface area contributed by atoms with Crippen molar-refractivity contribution in [1.82, 2.24) is 0 Å². The van der Waals surface area contributed by atoms with Crippen molar-refractivity contribution in [3.63, 3.8) is 0 Å². The van der Waals surface area contributed by atoms with Crippen LogP contribution in [0.1, 0.15) is 20.3 Å². The third-order valence-electron chi connectivity index (χ3n) is 2.23. The van der Waals surface area contributed by atoms with E-state index in [-0.39, 0.29) is 11.9 Å². The summed E-state index contributed by atoms with van der Waals surface area (Å²) in [6.45, 7) is 3.93. The number of nitrogens with zero attached hydrogens (tertiary/aromatic N) is 1. The molecule has 5 heteroatoms. The Hall–Kier alpha value is -2.04. The van der Waals surface area contributed by atoms with E-state index in [0.717, 1.165) is 5.69 Å². The lowest BCUT2D eigenvalue weighted by molar-refractivity contribution is 0.122. The zero-order valence-corrected chi connectivity index (χ0v) is 10.7. The van der Waals surface area contributed by atoms with Gasteiger partial charge in [0.05, 0.1) is 11.9 Å². The van der Waals surface area contributed by atoms with Gasteiger partial charge in [0.15, 0.2) is 0 Å². The van der Waals surface area contributed by atoms with Gasteiger partial charge in [0.2, 0.25) is 0 Å². The van der Waals surface area contributed by atoms with Crippen molar-refractivity contribution in [2.24, 2.45) is 5.73 Å². The van der Waals surface area contributed by atoms with E-state index in [0.29, 0.717) is 13.0 Å². The molecular formula is C13H19N3O2. The van der Waals surface area contributed by atoms with Crippen LogP contribution in [-0.4, -0.2) is 24.6 Å². The predicted octanol–water partition coefficient (Wildman–Crippen LogP) is 2.36. The molecule has 0 unspecified atom stereocenters. The number of carbonyl (C=O) groups excluding carboxylic acids is 1. The van der Waals surface area contributed by atoms with Crippen LogP contribution >= 0.6 is 0 Å². The summed E-state index contributed by atoms with van der Waals surface area (Å²) in [5.41, 5.74) is 6.06. The van der Waals surface area contributed by atoms with Crippen molar-refractivity contribution in [3.8, 4) is 0 Å². The first-order valence-electron chi connectivity index (χ1n) is 5.87. The van der Waals surface area contributed by atoms with Gasteiger partial charge >= 0.3 is 6.09 Å². The monoisotopic (exact) mass is 249 g/mol. The number of ether oxygens (including phenoxy) is 1. The van der Waals surface area contributed by atoms with Crippen molar-refractivity contribution < 1.29 is 9.53 Å². The van der Waals surface area contributed by atoms with Gasteiger partial charge in [-0.2, -0.15) is 0 Å². The smallest absolute Gasteiger partial charge is 0.414 e. The van der Waals surface area contributed by atoms with Gasteiger partial charge in [0.1, 0.15) is 0 Å². The molecule has 0 aliphatic carbocycles. The van der Waals surface area contributed by atoms with Crippen LogP contribution in [0.3, 0.4) is 0 Å². The molecule has 0 radical (unpaired) electrons. The molecule has 0 atom stereocenters. The van der Waals surface area contributed by atoms with Crippen molar-refractivity contribution in [2.45, 2.75) is 26.4 Å². The number of amides is 1. The molecule has 0 aliphatic rings. The number of benzene rings is 1. The van der Waals surface area contributed by atoms with Crippen LogP contribution in [-0.2, 0) is 4.74 Å². The summed E-state index contributed by atoms with van der Waals surface area (Å²) >= 11 is 0. The van der Waals surface area contributed by atoms with E-state index < -0.39 is 6.09 Å². The molecule has 1 aromatic carbocycles. The van der Waals surface area contributed by atoms with Crippen molar-refractivity contribution in [3.05, 3.63) is 30.3 Å². The molecule has 0 aliphatic heterocycles. The minimum absolute atomic E-state index is 0.0493. The van der Waals surface area contributed by atoms with Crippen LogP contribution in [0.5, 0.6) is 0 Å². The van der Waals surface area contributed by atoms with Gasteiger partial charge in [-0.3, -0.25) is 10.3 Å². The largest absolute Gasteiger partial charge is 0.446 e. The van der Waals surface area contributed by atoms with E-state index in [1.54, 1.807) is 13.8 Å². The average Bonchev–Trinajstić information content (AvgIpc) is 2.29. The summed E-state index contributed by atoms with van der Waals surface area (Å²) in [6.07, 6.45) is -0.277. The summed E-state index contributed by atoms with van der Waals surface area (Å²) in [7, 11) is 0. The molecule has 0 heterocycles. The van der Waals surface area contributed by atoms with E-state index in [9.17, 15) is 4.79 Å². The van der Waals surface area contributed by atoms with Gasteiger partial charge in [0, 0.05) is 18.7 Å². The van der Waals surface area contributed by atoms with Gasteiger partial charge in [-0.05, 0) is 26.0 Å². The van der Waals surface area contributed by atoms with E-state index in [2.05, 4.69) is 0 Å². The minimum atomic E-state index is -0.419. The molecule has 1 aromatic rings. The predicted molar refractivity (Wildman–Crippen MR) is 71.9 cm³/mol. The molecule has 0 bridgehead atoms. The van der Waals surface area contributed by atoms with Crippen LogP contribution in [0.25, 0.3) is 0 Å². The highest BCUT2D eigenvalue weighted by molar-refractivity contribution is 5.89. The lowest BCUT2D eigenvalue weighted by atomic mass is 10.2. The van der Waals surface area contributed by atoms with Gasteiger partial charge in [-0.25, -0.2) is 4.79 Å². The Kier molecular flexibility index (Phi) is 5.17. The lowest BCUT2D eigenvalue weighted by Crippen LogP contribution is -2.35. The number of nitrogens with two attached hydrogens (primary N) is 1. The zero-order chi connectivity index (χ0) is 13.5. The number of para-hydroxylation sites is 1. The first-order chi connectivity index (χ1) is 8.50. The molecular weight excluding hydrogens is 230 g/mol. The summed E-state index contributed by atoms with van der Waals surface area (Å²) in [4.78, 5) is 13.4. The van der Waals surface area contributed by atoms with Crippen LogP contribution in [0.4, 0.5) is 10.5 Å². The Morgan fingerprint density at radius 1 is 1.39 bits per heavy atom. The van der Waals surface area contributed by atoms with Crippen LogP contribution in [0.2, 0.25) is 0 Å². The summed E-state index contributed by atoms with van der Waals surface area (Å²) < 4.78 is 5.17. The van der Waals surface area contributed by atoms with E-state index in [1.807, 2.05) is 30.3 Å². The van der Waals surface area contributed by atoms with Gasteiger partial charge in [-0.1, -0.05) is 18.2 Å². The zero-order valence-electron chi connectivity index (χ0n) is 10.7. The maximum atomic E-state index is 12.0. The number of rotatable bonds is 5. The standard InChI is InChI=1S/C13H19N3O2/c1-10(2)18-13(17)16(9-8-12(14)15)11-6-4-3-5-7-11/h3-7,10H,8-9H2,1-2H3,(H3,14,15). The second kappa shape index (κ2) is 6.64. The first-order valence-corrected chi connectivity index (χ1v) is 5.87. The SMILES string of the molecule is CC(C)OC(=O)N(CCC(=N)N)c1ccccc1. The Balaban J connectivity index is 2.81. The molecule has 0 saturated heterocycles. The highest BCUT2D eigenvalue weighted by Crippen LogP contribution is 2.15. The molecule has 98 valence electrons. The maximum Gasteiger partial charge on any atom is 0.414 e. The van der Waals surface area contributed by atoms with Gasteiger partial charge in [0.25, 0.3) is 0 Å². The minimum Gasteiger partial charge on any atom is -0.446 e. The second-order valence-electron chi connectivity index (χ2n) is 4.19. The fraction of sp³-hybridized carbons (Fsp3) is 0.385. The molecule has 3 N–H and O–H groups in total. The van der Waals surface area contributed by atoms with Crippen LogP contribution < -0.4 is 10.6 Å². The maximum absolute atomic E-state index is 12.0. The van der Waals surface area contributed by atoms with Crippen molar-refractivity contribution in [2.75, 3.05) is 11.4 Å². The molecule has 0 saturated carbocycles. The third-order valence-corrected chi connectivity index (χ3v) is 2.23. The fourth-order valence-electron chi connectivity index (χ4n) is 1.43. The molecule has 0 aromatic heterocycles. The highest BCUT2D eigenvalue weighted by atomic mass is 16.6. The second-order valence-corrected chi connectivity index (χ2v) is 4.19. The topological polar surface area (TPSA) is 79.4 Å². The van der Waals surface area contributed by atoms with Crippen LogP contribution in [0.15, 0.2) is 30.3 Å². The summed E-state index contributed by atoms with van der Waals surface area (Å²) in [6, 6.07) is 9.21. The molecule has 0 fully saturated rings. The Morgan fingerprint density at radius 3 is 2.50 bits per heavy atom. The summed E-state index contributed by atoms with van der Waals surface area (Å²) in [5, 5.41) is 7.23. The first kappa shape index (κ1) is 14.0. The number of hydrogen-bond acceptors (Lipinski definition) is 3. The Labute approximate surface area is 107 Å². The molecule has 5 nitrogen and oxygen atoms in total. The average molecular weight is 249 g/mol. The molecule has 1 amide bonds. The van der Waals surface area contributed by atoms with Crippen LogP contribution in [0, 0.1) is 5.41 Å². The van der Waals surface area contributed by atoms with Crippen molar-refractivity contribution in [1.29, 1.82) is 5.41 Å². The number of nitrogens with one attached hydrogen (secondary N) is 1. The molecule has 18 heavy (non-hydrogen) atoms. The Morgan fingerprint density at radius 2 is 2.00 bits per heavy atom. The van der Waals surface area contributed by atoms with E-state index in [4.69, 9.17) is 15.9 Å². The number of carbonyl (C=O) groups is 1. The number of hydrogen-bond donors (Lipinski definition) is 2. The van der Waals surface area contributed by atoms with Crippen molar-refractivity contribution >= 4 is 17.6 Å².